The lowest BCUT2D eigenvalue weighted by atomic mass is 9.98. The number of benzene rings is 7. The molecule has 5 nitrogen and oxygen atoms in total. The van der Waals surface area contributed by atoms with E-state index in [9.17, 15) is 0 Å². The van der Waals surface area contributed by atoms with Crippen LogP contribution in [0, 0.1) is 0 Å². The van der Waals surface area contributed by atoms with Gasteiger partial charge >= 0.3 is 5.82 Å². The molecule has 0 unspecified atom stereocenters. The minimum atomic E-state index is 0.647. The van der Waals surface area contributed by atoms with Crippen molar-refractivity contribution in [2.75, 3.05) is 0 Å². The zero-order valence-corrected chi connectivity index (χ0v) is 28.5. The van der Waals surface area contributed by atoms with Gasteiger partial charge in [-0.2, -0.15) is 4.57 Å². The molecule has 0 saturated heterocycles. The highest BCUT2D eigenvalue weighted by molar-refractivity contribution is 7.27. The van der Waals surface area contributed by atoms with E-state index >= 15 is 0 Å². The molecule has 4 aromatic heterocycles. The van der Waals surface area contributed by atoms with Gasteiger partial charge in [-0.15, -0.1) is 11.3 Å². The van der Waals surface area contributed by atoms with E-state index in [-0.39, 0.29) is 0 Å². The van der Waals surface area contributed by atoms with Crippen LogP contribution in [-0.4, -0.2) is 15.0 Å². The number of rotatable bonds is 4. The summed E-state index contributed by atoms with van der Waals surface area (Å²) in [6.07, 6.45) is 1.93. The maximum absolute atomic E-state index is 6.23. The Kier molecular flexibility index (Phi) is 6.35. The van der Waals surface area contributed by atoms with Crippen LogP contribution < -0.4 is 4.57 Å². The maximum Gasteiger partial charge on any atom is 0.308 e. The Morgan fingerprint density at radius 2 is 1.15 bits per heavy atom. The predicted octanol–water partition coefficient (Wildman–Crippen LogP) is 11.7. The van der Waals surface area contributed by atoms with Crippen molar-refractivity contribution in [3.8, 4) is 39.7 Å². The van der Waals surface area contributed by atoms with Gasteiger partial charge in [0.05, 0.1) is 27.0 Å². The third-order valence-corrected chi connectivity index (χ3v) is 11.3. The van der Waals surface area contributed by atoms with Crippen LogP contribution in [0.25, 0.3) is 104 Å². The third-order valence-electron chi connectivity index (χ3n) is 10.0. The second kappa shape index (κ2) is 11.4. The molecule has 6 heteroatoms. The van der Waals surface area contributed by atoms with Crippen LogP contribution in [-0.2, 0) is 0 Å². The minimum Gasteiger partial charge on any atom is -0.456 e. The molecule has 0 amide bonds. The molecule has 0 fully saturated rings. The van der Waals surface area contributed by atoms with E-state index in [0.29, 0.717) is 5.82 Å². The normalized spacial score (nSPS) is 11.8. The lowest BCUT2D eigenvalue weighted by molar-refractivity contribution is -0.588. The van der Waals surface area contributed by atoms with Crippen LogP contribution in [0.5, 0.6) is 0 Å². The number of thiophene rings is 1. The molecule has 7 aromatic carbocycles. The van der Waals surface area contributed by atoms with Gasteiger partial charge in [-0.3, -0.25) is 0 Å². The second-order valence-corrected chi connectivity index (χ2v) is 14.0. The zero-order chi connectivity index (χ0) is 34.2. The van der Waals surface area contributed by atoms with Crippen molar-refractivity contribution < 1.29 is 8.98 Å². The number of hydrogen-bond acceptors (Lipinski definition) is 5. The first-order chi connectivity index (χ1) is 25.8. The van der Waals surface area contributed by atoms with Gasteiger partial charge in [0.2, 0.25) is 6.33 Å². The Morgan fingerprint density at radius 1 is 0.481 bits per heavy atom. The first kappa shape index (κ1) is 29.0. The molecule has 0 aliphatic heterocycles. The minimum absolute atomic E-state index is 0.647. The Morgan fingerprint density at radius 3 is 2.02 bits per heavy atom. The van der Waals surface area contributed by atoms with E-state index in [1.807, 2.05) is 54.1 Å². The van der Waals surface area contributed by atoms with Crippen molar-refractivity contribution in [2.24, 2.45) is 0 Å². The van der Waals surface area contributed by atoms with E-state index in [2.05, 4.69) is 126 Å². The summed E-state index contributed by atoms with van der Waals surface area (Å²) >= 11 is 1.82. The fourth-order valence-corrected chi connectivity index (χ4v) is 9.06. The average molecular weight is 684 g/mol. The Labute approximate surface area is 301 Å². The summed E-state index contributed by atoms with van der Waals surface area (Å²) in [7, 11) is 0. The molecule has 52 heavy (non-hydrogen) atoms. The Bertz CT molecular complexity index is 3190. The van der Waals surface area contributed by atoms with E-state index < -0.39 is 0 Å². The number of pyridine rings is 1. The monoisotopic (exact) mass is 683 g/mol. The van der Waals surface area contributed by atoms with Gasteiger partial charge in [0, 0.05) is 48.0 Å². The number of para-hydroxylation sites is 2. The van der Waals surface area contributed by atoms with Crippen LogP contribution in [0.2, 0.25) is 0 Å². The van der Waals surface area contributed by atoms with Crippen LogP contribution >= 0.6 is 11.3 Å². The lowest BCUT2D eigenvalue weighted by Crippen LogP contribution is -2.35. The second-order valence-electron chi connectivity index (χ2n) is 13.0. The standard InChI is InChI=1S/C46H27N4OS/c1-3-13-28(14-4-1)42-34-26-25-31-30-19-11-22-37(43(30)52-44(31)41(34)32-17-7-9-21-36(32)48-42)50-27-47-45(49-46(50)29-15-5-2-6-16-29)35-20-12-24-39-40(35)33-18-8-10-23-38(33)51-39/h1-27H/q+1. The average Bonchev–Trinajstić information content (AvgIpc) is 3.80. The van der Waals surface area contributed by atoms with Crippen molar-refractivity contribution in [3.05, 3.63) is 164 Å². The molecular formula is C46H27N4OS+. The fourth-order valence-electron chi connectivity index (χ4n) is 7.69. The maximum atomic E-state index is 6.23. The first-order valence-electron chi connectivity index (χ1n) is 17.3. The lowest BCUT2D eigenvalue weighted by Gasteiger charge is -2.11. The van der Waals surface area contributed by atoms with Crippen LogP contribution in [0.15, 0.2) is 168 Å². The summed E-state index contributed by atoms with van der Waals surface area (Å²) in [5, 5.41) is 8.03. The highest BCUT2D eigenvalue weighted by Crippen LogP contribution is 2.44. The predicted molar refractivity (Wildman–Crippen MR) is 213 cm³/mol. The molecule has 11 aromatic rings. The Balaban J connectivity index is 1.18. The highest BCUT2D eigenvalue weighted by Gasteiger charge is 2.25. The van der Waals surface area contributed by atoms with Gasteiger partial charge in [0.15, 0.2) is 0 Å². The van der Waals surface area contributed by atoms with Gasteiger partial charge in [0.25, 0.3) is 5.82 Å². The number of furan rings is 1. The first-order valence-corrected chi connectivity index (χ1v) is 18.1. The summed E-state index contributed by atoms with van der Waals surface area (Å²) in [4.78, 5) is 15.6. The summed E-state index contributed by atoms with van der Waals surface area (Å²) in [5.74, 6) is 1.46. The van der Waals surface area contributed by atoms with Crippen molar-refractivity contribution in [1.82, 2.24) is 15.0 Å². The third kappa shape index (κ3) is 4.35. The SMILES string of the molecule is c1ccc(-c2nc3ccccc3c3c2ccc2c4cccc(-[n+]5cnc(-c6cccc7oc8ccccc8c67)nc5-c5ccccc5)c4sc23)cc1. The van der Waals surface area contributed by atoms with Gasteiger partial charge in [-0.25, -0.2) is 4.98 Å². The molecule has 0 spiro atoms. The Hall–Kier alpha value is -6.76. The molecule has 11 rings (SSSR count). The van der Waals surface area contributed by atoms with Gasteiger partial charge in [-0.05, 0) is 42.5 Å². The van der Waals surface area contributed by atoms with Gasteiger partial charge < -0.3 is 4.42 Å². The fraction of sp³-hybridized carbons (Fsp3) is 0. The van der Waals surface area contributed by atoms with E-state index in [0.717, 1.165) is 72.1 Å². The molecule has 0 atom stereocenters. The van der Waals surface area contributed by atoms with E-state index in [1.54, 1.807) is 0 Å². The molecular weight excluding hydrogens is 657 g/mol. The van der Waals surface area contributed by atoms with Crippen molar-refractivity contribution in [3.63, 3.8) is 0 Å². The van der Waals surface area contributed by atoms with Crippen LogP contribution in [0.3, 0.4) is 0 Å². The summed E-state index contributed by atoms with van der Waals surface area (Å²) < 4.78 is 10.8. The van der Waals surface area contributed by atoms with E-state index in [1.165, 1.54) is 25.6 Å². The number of fused-ring (bicyclic) bond motifs is 10. The molecule has 0 N–H and O–H groups in total. The number of aromatic nitrogens is 4. The van der Waals surface area contributed by atoms with Gasteiger partial charge in [0.1, 0.15) is 16.9 Å². The number of hydrogen-bond donors (Lipinski definition) is 0. The van der Waals surface area contributed by atoms with Crippen molar-refractivity contribution in [2.45, 2.75) is 0 Å². The molecule has 0 radical (unpaired) electrons. The van der Waals surface area contributed by atoms with Crippen molar-refractivity contribution >= 4 is 75.1 Å². The number of nitrogens with zero attached hydrogens (tertiary/aromatic N) is 4. The van der Waals surface area contributed by atoms with E-state index in [4.69, 9.17) is 19.4 Å². The summed E-state index contributed by atoms with van der Waals surface area (Å²) in [6.45, 7) is 0. The molecule has 0 bridgehead atoms. The van der Waals surface area contributed by atoms with Gasteiger partial charge in [-0.1, -0.05) is 125 Å². The topological polar surface area (TPSA) is 55.7 Å². The molecule has 0 saturated carbocycles. The van der Waals surface area contributed by atoms with Crippen LogP contribution in [0.4, 0.5) is 0 Å². The largest absolute Gasteiger partial charge is 0.456 e. The molecule has 0 aliphatic carbocycles. The smallest absolute Gasteiger partial charge is 0.308 e. The van der Waals surface area contributed by atoms with Crippen LogP contribution in [0.1, 0.15) is 0 Å². The zero-order valence-electron chi connectivity index (χ0n) is 27.7. The quantitative estimate of drug-likeness (QED) is 0.137. The molecule has 0 aliphatic rings. The van der Waals surface area contributed by atoms with Crippen molar-refractivity contribution in [1.29, 1.82) is 0 Å². The highest BCUT2D eigenvalue weighted by atomic mass is 32.1. The molecule has 242 valence electrons. The summed E-state index contributed by atoms with van der Waals surface area (Å²) in [5.41, 5.74) is 7.74. The molecule has 4 heterocycles. The summed E-state index contributed by atoms with van der Waals surface area (Å²) in [6, 6.07) is 54.7.